The molecule has 0 aliphatic carbocycles. The fourth-order valence-corrected chi connectivity index (χ4v) is 0.946. The van der Waals surface area contributed by atoms with Crippen LogP contribution in [0.5, 0.6) is 0 Å². The van der Waals surface area contributed by atoms with E-state index in [1.54, 1.807) is 0 Å². The summed E-state index contributed by atoms with van der Waals surface area (Å²) in [5, 5.41) is 2.95. The maximum absolute atomic E-state index is 4.68. The van der Waals surface area contributed by atoms with Crippen molar-refractivity contribution in [3.8, 4) is 0 Å². The molecule has 60 valence electrons. The van der Waals surface area contributed by atoms with Gasteiger partial charge in [-0.25, -0.2) is 0 Å². The molecule has 0 aliphatic rings. The normalized spacial score (nSPS) is 8.45. The second-order valence-corrected chi connectivity index (χ2v) is 3.35. The summed E-state index contributed by atoms with van der Waals surface area (Å²) in [6.45, 7) is 3.15. The molecule has 1 N–H and O–H groups in total. The first-order chi connectivity index (χ1) is 4.77. The number of hydrogen-bond acceptors (Lipinski definition) is 2. The summed E-state index contributed by atoms with van der Waals surface area (Å²) in [5.74, 6) is 0. The molecule has 11 heavy (non-hydrogen) atoms. The van der Waals surface area contributed by atoms with Crippen LogP contribution in [-0.4, -0.2) is 10.9 Å². The van der Waals surface area contributed by atoms with Crippen molar-refractivity contribution in [1.82, 2.24) is 5.32 Å². The Bertz CT molecular complexity index is 98.4. The minimum Gasteiger partial charge on any atom is -0.412 e. The van der Waals surface area contributed by atoms with Gasteiger partial charge in [-0.05, 0) is 6.42 Å². The molecule has 0 aromatic rings. The van der Waals surface area contributed by atoms with Crippen LogP contribution < -0.4 is 56.7 Å². The number of unbranched alkanes of at least 4 members (excludes halogenated alkanes) is 3. The maximum Gasteiger partial charge on any atom is 1.00 e. The second-order valence-electron chi connectivity index (χ2n) is 2.27. The third kappa shape index (κ3) is 14.6. The van der Waals surface area contributed by atoms with Gasteiger partial charge < -0.3 is 30.2 Å². The fourth-order valence-electron chi connectivity index (χ4n) is 0.742. The van der Waals surface area contributed by atoms with Crippen molar-refractivity contribution in [3.05, 3.63) is 0 Å². The van der Waals surface area contributed by atoms with Gasteiger partial charge in [0.15, 0.2) is 0 Å². The number of nitrogens with one attached hydrogen (secondary N) is 1. The van der Waals surface area contributed by atoms with Crippen molar-refractivity contribution in [2.45, 2.75) is 32.6 Å². The van der Waals surface area contributed by atoms with E-state index in [0.29, 0.717) is 4.32 Å². The van der Waals surface area contributed by atoms with Crippen molar-refractivity contribution in [3.63, 3.8) is 0 Å². The Kier molecular flexibility index (Phi) is 16.3. The Morgan fingerprint density at radius 2 is 2.00 bits per heavy atom. The van der Waals surface area contributed by atoms with E-state index in [1.807, 2.05) is 0 Å². The average Bonchev–Trinajstić information content (AvgIpc) is 1.87. The van der Waals surface area contributed by atoms with E-state index in [-0.39, 0.29) is 51.4 Å². The molecule has 0 saturated heterocycles. The van der Waals surface area contributed by atoms with Crippen molar-refractivity contribution < 1.29 is 51.4 Å². The Hall–Kier alpha value is 1.75. The standard InChI is InChI=1S/C7H15NS2.K/c1-2-3-4-5-6-8-7(9)10;/h2-6H2,1H3,(H2,8,9,10);/q;+1/p-1. The molecule has 0 spiro atoms. The molecule has 0 atom stereocenters. The van der Waals surface area contributed by atoms with Crippen LogP contribution in [0.1, 0.15) is 32.6 Å². The molecule has 0 radical (unpaired) electrons. The van der Waals surface area contributed by atoms with E-state index in [4.69, 9.17) is 0 Å². The molecule has 0 aromatic heterocycles. The van der Waals surface area contributed by atoms with E-state index < -0.39 is 0 Å². The SMILES string of the molecule is CCCCCCNC(=S)[S-].[K+]. The Morgan fingerprint density at radius 1 is 1.36 bits per heavy atom. The largest absolute Gasteiger partial charge is 1.00 e. The van der Waals surface area contributed by atoms with Gasteiger partial charge in [0, 0.05) is 6.54 Å². The van der Waals surface area contributed by atoms with Gasteiger partial charge in [-0.3, -0.25) is 0 Å². The molecule has 0 heterocycles. The first-order valence-electron chi connectivity index (χ1n) is 3.72. The zero-order valence-electron chi connectivity index (χ0n) is 7.35. The summed E-state index contributed by atoms with van der Waals surface area (Å²) in [5.41, 5.74) is 0. The molecule has 0 saturated carbocycles. The molecule has 0 unspecified atom stereocenters. The molecule has 0 fully saturated rings. The van der Waals surface area contributed by atoms with Crippen molar-refractivity contribution in [2.75, 3.05) is 6.54 Å². The molecule has 0 amide bonds. The van der Waals surface area contributed by atoms with Crippen LogP contribution in [0.2, 0.25) is 0 Å². The first kappa shape index (κ1) is 15.2. The minimum absolute atomic E-state index is 0. The van der Waals surface area contributed by atoms with Gasteiger partial charge in [-0.1, -0.05) is 30.5 Å². The zero-order chi connectivity index (χ0) is 7.82. The Balaban J connectivity index is 0. The molecule has 1 nitrogen and oxygen atoms in total. The van der Waals surface area contributed by atoms with E-state index in [0.717, 1.165) is 6.54 Å². The van der Waals surface area contributed by atoms with E-state index in [9.17, 15) is 0 Å². The quantitative estimate of drug-likeness (QED) is 0.273. The number of rotatable bonds is 5. The summed E-state index contributed by atoms with van der Waals surface area (Å²) >= 11 is 9.35. The predicted molar refractivity (Wildman–Crippen MR) is 52.1 cm³/mol. The molecule has 0 aromatic carbocycles. The second kappa shape index (κ2) is 11.7. The van der Waals surface area contributed by atoms with Crippen LogP contribution >= 0.6 is 12.2 Å². The Labute approximate surface area is 123 Å². The van der Waals surface area contributed by atoms with Gasteiger partial charge in [-0.15, -0.1) is 0 Å². The topological polar surface area (TPSA) is 12.0 Å². The molecule has 0 bridgehead atoms. The first-order valence-corrected chi connectivity index (χ1v) is 4.54. The van der Waals surface area contributed by atoms with Gasteiger partial charge in [0.1, 0.15) is 0 Å². The van der Waals surface area contributed by atoms with Crippen molar-refractivity contribution in [2.24, 2.45) is 0 Å². The summed E-state index contributed by atoms with van der Waals surface area (Å²) in [6.07, 6.45) is 5.05. The smallest absolute Gasteiger partial charge is 0.412 e. The van der Waals surface area contributed by atoms with Gasteiger partial charge in [0.25, 0.3) is 0 Å². The summed E-state index contributed by atoms with van der Waals surface area (Å²) < 4.78 is 0.497. The van der Waals surface area contributed by atoms with E-state index in [1.165, 1.54) is 25.7 Å². The minimum atomic E-state index is 0. The molecule has 0 aliphatic heterocycles. The van der Waals surface area contributed by atoms with E-state index >= 15 is 0 Å². The molecular formula is C7H14KNS2. The number of thiocarbonyl (C=S) groups is 1. The van der Waals surface area contributed by atoms with Crippen LogP contribution in [0.3, 0.4) is 0 Å². The van der Waals surface area contributed by atoms with Crippen LogP contribution in [0, 0.1) is 0 Å². The van der Waals surface area contributed by atoms with Crippen LogP contribution in [0.4, 0.5) is 0 Å². The van der Waals surface area contributed by atoms with Crippen LogP contribution in [0.25, 0.3) is 0 Å². The summed E-state index contributed by atoms with van der Waals surface area (Å²) in [6, 6.07) is 0. The monoisotopic (exact) mass is 215 g/mol. The molecule has 0 rings (SSSR count). The summed E-state index contributed by atoms with van der Waals surface area (Å²) in [7, 11) is 0. The fraction of sp³-hybridized carbons (Fsp3) is 0.857. The van der Waals surface area contributed by atoms with Gasteiger partial charge in [0.2, 0.25) is 0 Å². The molecular weight excluding hydrogens is 201 g/mol. The van der Waals surface area contributed by atoms with Gasteiger partial charge in [0.05, 0.1) is 0 Å². The third-order valence-corrected chi connectivity index (χ3v) is 1.59. The van der Waals surface area contributed by atoms with Crippen LogP contribution in [-0.2, 0) is 12.6 Å². The maximum atomic E-state index is 4.68. The van der Waals surface area contributed by atoms with Crippen LogP contribution in [0.15, 0.2) is 0 Å². The van der Waals surface area contributed by atoms with Crippen molar-refractivity contribution in [1.29, 1.82) is 0 Å². The summed E-state index contributed by atoms with van der Waals surface area (Å²) in [4.78, 5) is 0. The Morgan fingerprint density at radius 3 is 2.45 bits per heavy atom. The zero-order valence-corrected chi connectivity index (χ0v) is 12.1. The average molecular weight is 215 g/mol. The van der Waals surface area contributed by atoms with Gasteiger partial charge in [-0.2, -0.15) is 0 Å². The van der Waals surface area contributed by atoms with Gasteiger partial charge >= 0.3 is 51.4 Å². The predicted octanol–water partition coefficient (Wildman–Crippen LogP) is -1.01. The van der Waals surface area contributed by atoms with E-state index in [2.05, 4.69) is 37.1 Å². The van der Waals surface area contributed by atoms with Crippen molar-refractivity contribution >= 4 is 29.2 Å². The third-order valence-electron chi connectivity index (χ3n) is 1.30. The number of hydrogen-bond donors (Lipinski definition) is 1. The molecule has 4 heteroatoms.